The smallest absolute Gasteiger partial charge is 0.187 e. The van der Waals surface area contributed by atoms with Crippen LogP contribution in [-0.2, 0) is 28.4 Å². The summed E-state index contributed by atoms with van der Waals surface area (Å²) in [5.41, 5.74) is -0.804. The third-order valence-electron chi connectivity index (χ3n) is 19.8. The standard InChI is InChI=1S/C49H82O18/c1-22-15-49(8)28(10-9-23-24-16-44(2,3)13-14-45(24,4)30(17-48(23,49)7)66-41-37(60)34(57)31(54)25(18-50)62-41)46(5)12-11-29(47(6,21-53)40(22)46)65-43-39(36(59)33(56)27(20-52)64-43)67-42-38(61)35(58)32(55)26(19-51)63-42/h9,22,24-43,50-61H,10-21H2,1-8H3. The molecule has 0 bridgehead atoms. The van der Waals surface area contributed by atoms with Gasteiger partial charge in [-0.3, -0.25) is 0 Å². The van der Waals surface area contributed by atoms with Crippen LogP contribution in [0.25, 0.3) is 0 Å². The first-order valence-corrected chi connectivity index (χ1v) is 24.8. The van der Waals surface area contributed by atoms with Crippen LogP contribution in [0.1, 0.15) is 107 Å². The van der Waals surface area contributed by atoms with Gasteiger partial charge in [-0.05, 0) is 96.7 Å². The lowest BCUT2D eigenvalue weighted by Crippen LogP contribution is -2.70. The second-order valence-electron chi connectivity index (χ2n) is 24.1. The number of fused-ring (bicyclic) bond motifs is 7. The minimum Gasteiger partial charge on any atom is -0.396 e. The molecular formula is C49H82O18. The zero-order chi connectivity index (χ0) is 49.1. The van der Waals surface area contributed by atoms with Crippen LogP contribution in [0.5, 0.6) is 0 Å². The topological polar surface area (TPSA) is 298 Å². The quantitative estimate of drug-likeness (QED) is 0.1000. The molecule has 0 aromatic carbocycles. The molecule has 18 heteroatoms. The Balaban J connectivity index is 1.11. The third kappa shape index (κ3) is 8.15. The van der Waals surface area contributed by atoms with E-state index in [2.05, 4.69) is 54.5 Å². The SMILES string of the molecule is CC1CC2(C)C(CC=C3C4CC(C)(C)CCC4(C)C(OC4OC(CO)C(O)C(O)C4O)CC32C)C2(C)CCC(OC3OC(CO)C(O)C(O)C3OC3OC(CO)C(O)C(O)C3O)C(C)(CO)C12. The van der Waals surface area contributed by atoms with Crippen molar-refractivity contribution in [2.75, 3.05) is 26.4 Å². The molecule has 3 saturated heterocycles. The van der Waals surface area contributed by atoms with Crippen molar-refractivity contribution in [3.63, 3.8) is 0 Å². The van der Waals surface area contributed by atoms with Crippen molar-refractivity contribution in [1.29, 1.82) is 0 Å². The van der Waals surface area contributed by atoms with Gasteiger partial charge >= 0.3 is 0 Å². The fraction of sp³-hybridized carbons (Fsp3) is 0.959. The molecule has 0 aromatic heterocycles. The summed E-state index contributed by atoms with van der Waals surface area (Å²) in [7, 11) is 0. The summed E-state index contributed by atoms with van der Waals surface area (Å²) in [6.45, 7) is 16.1. The van der Waals surface area contributed by atoms with Crippen LogP contribution >= 0.6 is 0 Å². The van der Waals surface area contributed by atoms with Crippen LogP contribution in [0.3, 0.4) is 0 Å². The molecule has 3 heterocycles. The Morgan fingerprint density at radius 2 is 1.09 bits per heavy atom. The summed E-state index contributed by atoms with van der Waals surface area (Å²) < 4.78 is 37.5. The first kappa shape index (κ1) is 52.3. The molecule has 5 aliphatic carbocycles. The molecule has 8 aliphatic rings. The average Bonchev–Trinajstić information content (AvgIpc) is 3.27. The highest BCUT2D eigenvalue weighted by molar-refractivity contribution is 5.35. The van der Waals surface area contributed by atoms with Crippen molar-refractivity contribution >= 4 is 0 Å². The number of ether oxygens (including phenoxy) is 6. The number of hydrogen-bond donors (Lipinski definition) is 12. The maximum atomic E-state index is 11.7. The summed E-state index contributed by atoms with van der Waals surface area (Å²) in [5, 5.41) is 129. The van der Waals surface area contributed by atoms with Crippen LogP contribution in [0, 0.1) is 56.2 Å². The Bertz CT molecular complexity index is 1780. The maximum absolute atomic E-state index is 11.7. The largest absolute Gasteiger partial charge is 0.396 e. The van der Waals surface area contributed by atoms with E-state index < -0.39 is 135 Å². The van der Waals surface area contributed by atoms with Gasteiger partial charge < -0.3 is 89.7 Å². The molecular weight excluding hydrogens is 877 g/mol. The molecule has 26 atom stereocenters. The number of allylic oxidation sites excluding steroid dienone is 2. The molecule has 0 spiro atoms. The highest BCUT2D eigenvalue weighted by atomic mass is 16.8. The molecule has 18 nitrogen and oxygen atoms in total. The zero-order valence-corrected chi connectivity index (χ0v) is 40.5. The van der Waals surface area contributed by atoms with E-state index in [1.807, 2.05) is 6.92 Å². The van der Waals surface area contributed by atoms with Gasteiger partial charge in [0.2, 0.25) is 0 Å². The Morgan fingerprint density at radius 3 is 1.64 bits per heavy atom. The van der Waals surface area contributed by atoms with Crippen molar-refractivity contribution in [3.05, 3.63) is 11.6 Å². The summed E-state index contributed by atoms with van der Waals surface area (Å²) in [5.74, 6) is 0.180. The lowest BCUT2D eigenvalue weighted by Gasteiger charge is -2.73. The molecule has 3 aliphatic heterocycles. The molecule has 0 aromatic rings. The molecule has 0 amide bonds. The first-order chi connectivity index (χ1) is 31.3. The Kier molecular flexibility index (Phi) is 14.5. The zero-order valence-electron chi connectivity index (χ0n) is 40.5. The van der Waals surface area contributed by atoms with Gasteiger partial charge in [-0.15, -0.1) is 0 Å². The summed E-state index contributed by atoms with van der Waals surface area (Å²) in [6, 6.07) is 0. The minimum atomic E-state index is -1.82. The van der Waals surface area contributed by atoms with Gasteiger partial charge in [-0.25, -0.2) is 0 Å². The third-order valence-corrected chi connectivity index (χ3v) is 19.8. The van der Waals surface area contributed by atoms with Crippen molar-refractivity contribution in [3.8, 4) is 0 Å². The Labute approximate surface area is 394 Å². The fourth-order valence-corrected chi connectivity index (χ4v) is 15.9. The Hall–Kier alpha value is -0.980. The van der Waals surface area contributed by atoms with Crippen molar-refractivity contribution < 1.29 is 89.7 Å². The van der Waals surface area contributed by atoms with E-state index in [0.29, 0.717) is 19.3 Å². The summed E-state index contributed by atoms with van der Waals surface area (Å²) in [6.07, 6.45) is -15.4. The van der Waals surface area contributed by atoms with Gasteiger partial charge in [0, 0.05) is 10.8 Å². The van der Waals surface area contributed by atoms with Crippen LogP contribution in [0.2, 0.25) is 0 Å². The highest BCUT2D eigenvalue weighted by Gasteiger charge is 2.72. The fourth-order valence-electron chi connectivity index (χ4n) is 15.9. The van der Waals surface area contributed by atoms with E-state index in [4.69, 9.17) is 28.4 Å². The molecule has 12 N–H and O–H groups in total. The molecule has 8 rings (SSSR count). The minimum absolute atomic E-state index is 0.0259. The van der Waals surface area contributed by atoms with Gasteiger partial charge in [0.05, 0.1) is 38.6 Å². The predicted molar refractivity (Wildman–Crippen MR) is 236 cm³/mol. The molecule has 26 unspecified atom stereocenters. The normalized spacial score (nSPS) is 56.5. The van der Waals surface area contributed by atoms with Crippen LogP contribution in [-0.4, -0.2) is 192 Å². The van der Waals surface area contributed by atoms with Gasteiger partial charge in [0.25, 0.3) is 0 Å². The van der Waals surface area contributed by atoms with E-state index >= 15 is 0 Å². The van der Waals surface area contributed by atoms with E-state index in [1.165, 1.54) is 5.57 Å². The van der Waals surface area contributed by atoms with E-state index in [0.717, 1.165) is 32.1 Å². The Morgan fingerprint density at radius 1 is 0.567 bits per heavy atom. The first-order valence-electron chi connectivity index (χ1n) is 24.8. The number of rotatable bonds is 10. The highest BCUT2D eigenvalue weighted by Crippen LogP contribution is 2.77. The molecule has 7 fully saturated rings. The lowest BCUT2D eigenvalue weighted by atomic mass is 9.32. The van der Waals surface area contributed by atoms with Crippen LogP contribution in [0.15, 0.2) is 11.6 Å². The summed E-state index contributed by atoms with van der Waals surface area (Å²) >= 11 is 0. The monoisotopic (exact) mass is 959 g/mol. The van der Waals surface area contributed by atoms with Crippen LogP contribution in [0.4, 0.5) is 0 Å². The van der Waals surface area contributed by atoms with E-state index in [1.54, 1.807) is 0 Å². The molecule has 386 valence electrons. The molecule has 67 heavy (non-hydrogen) atoms. The van der Waals surface area contributed by atoms with Gasteiger partial charge in [0.1, 0.15) is 73.2 Å². The van der Waals surface area contributed by atoms with Crippen molar-refractivity contribution in [2.45, 2.75) is 211 Å². The predicted octanol–water partition coefficient (Wildman–Crippen LogP) is -0.169. The van der Waals surface area contributed by atoms with E-state index in [9.17, 15) is 61.3 Å². The van der Waals surface area contributed by atoms with Gasteiger partial charge in [-0.2, -0.15) is 0 Å². The van der Waals surface area contributed by atoms with E-state index in [-0.39, 0.29) is 51.9 Å². The number of hydrogen-bond acceptors (Lipinski definition) is 18. The summed E-state index contributed by atoms with van der Waals surface area (Å²) in [4.78, 5) is 0. The van der Waals surface area contributed by atoms with Crippen molar-refractivity contribution in [2.24, 2.45) is 56.2 Å². The van der Waals surface area contributed by atoms with Crippen LogP contribution < -0.4 is 0 Å². The second kappa shape index (κ2) is 18.5. The number of aliphatic hydroxyl groups excluding tert-OH is 12. The van der Waals surface area contributed by atoms with Gasteiger partial charge in [0.15, 0.2) is 18.9 Å². The number of aliphatic hydroxyl groups is 12. The van der Waals surface area contributed by atoms with Gasteiger partial charge in [-0.1, -0.05) is 67.0 Å². The second-order valence-corrected chi connectivity index (χ2v) is 24.1. The maximum Gasteiger partial charge on any atom is 0.187 e. The average molecular weight is 959 g/mol. The molecule has 4 saturated carbocycles. The lowest BCUT2D eigenvalue weighted by molar-refractivity contribution is -0.380. The molecule has 0 radical (unpaired) electrons. The van der Waals surface area contributed by atoms with Crippen molar-refractivity contribution in [1.82, 2.24) is 0 Å².